The van der Waals surface area contributed by atoms with Gasteiger partial charge in [0.25, 0.3) is 0 Å². The fraction of sp³-hybridized carbons (Fsp3) is 0.111. The Kier molecular flexibility index (Phi) is 3.13. The van der Waals surface area contributed by atoms with Crippen molar-refractivity contribution >= 4 is 50.2 Å². The first-order valence-electron chi connectivity index (χ1n) is 3.97. The standard InChI is InChI=1S/C9H5BrClFN2S/c1-15-9-4-2-5(11)6(10)7(12)8(4)13-3-14-9/h2-3H,1H3. The molecule has 2 nitrogen and oxygen atoms in total. The summed E-state index contributed by atoms with van der Waals surface area (Å²) in [6, 6.07) is 1.66. The molecule has 0 saturated carbocycles. The monoisotopic (exact) mass is 306 g/mol. The van der Waals surface area contributed by atoms with Crippen LogP contribution in [0.4, 0.5) is 4.39 Å². The van der Waals surface area contributed by atoms with E-state index < -0.39 is 5.82 Å². The Morgan fingerprint density at radius 3 is 2.87 bits per heavy atom. The van der Waals surface area contributed by atoms with E-state index in [1.807, 2.05) is 6.26 Å². The number of nitrogens with zero attached hydrogens (tertiary/aromatic N) is 2. The Hall–Kier alpha value is -0.390. The van der Waals surface area contributed by atoms with Crippen molar-refractivity contribution in [2.75, 3.05) is 6.26 Å². The molecular formula is C9H5BrClFN2S. The minimum atomic E-state index is -0.449. The lowest BCUT2D eigenvalue weighted by Gasteiger charge is -2.05. The lowest BCUT2D eigenvalue weighted by atomic mass is 10.2. The van der Waals surface area contributed by atoms with E-state index in [4.69, 9.17) is 11.6 Å². The first kappa shape index (κ1) is 11.1. The van der Waals surface area contributed by atoms with Crippen LogP contribution in [0.1, 0.15) is 0 Å². The summed E-state index contributed by atoms with van der Waals surface area (Å²) >= 11 is 10.4. The molecule has 1 aromatic carbocycles. The summed E-state index contributed by atoms with van der Waals surface area (Å²) in [4.78, 5) is 7.95. The van der Waals surface area contributed by atoms with Gasteiger partial charge in [-0.3, -0.25) is 0 Å². The van der Waals surface area contributed by atoms with Crippen molar-refractivity contribution < 1.29 is 4.39 Å². The highest BCUT2D eigenvalue weighted by molar-refractivity contribution is 9.10. The van der Waals surface area contributed by atoms with E-state index in [2.05, 4.69) is 25.9 Å². The van der Waals surface area contributed by atoms with Crippen LogP contribution >= 0.6 is 39.3 Å². The number of aromatic nitrogens is 2. The Morgan fingerprint density at radius 1 is 1.47 bits per heavy atom. The SMILES string of the molecule is CSc1ncnc2c(F)c(Br)c(Cl)cc12. The molecule has 78 valence electrons. The topological polar surface area (TPSA) is 25.8 Å². The largest absolute Gasteiger partial charge is 0.233 e. The molecule has 0 aliphatic rings. The van der Waals surface area contributed by atoms with Crippen LogP contribution in [0.5, 0.6) is 0 Å². The Bertz CT molecular complexity index is 535. The molecule has 0 aliphatic carbocycles. The quantitative estimate of drug-likeness (QED) is 0.454. The van der Waals surface area contributed by atoms with E-state index in [-0.39, 0.29) is 9.99 Å². The molecule has 1 heterocycles. The summed E-state index contributed by atoms with van der Waals surface area (Å²) in [6.07, 6.45) is 3.22. The molecule has 0 unspecified atom stereocenters. The molecule has 0 N–H and O–H groups in total. The van der Waals surface area contributed by atoms with Crippen molar-refractivity contribution in [2.45, 2.75) is 5.03 Å². The molecule has 6 heteroatoms. The molecule has 0 bridgehead atoms. The number of hydrogen-bond donors (Lipinski definition) is 0. The maximum absolute atomic E-state index is 13.7. The zero-order chi connectivity index (χ0) is 11.0. The summed E-state index contributed by atoms with van der Waals surface area (Å²) in [5.74, 6) is -0.449. The van der Waals surface area contributed by atoms with Crippen molar-refractivity contribution in [3.63, 3.8) is 0 Å². The predicted octanol–water partition coefficient (Wildman–Crippen LogP) is 3.91. The van der Waals surface area contributed by atoms with Gasteiger partial charge in [0.2, 0.25) is 0 Å². The second kappa shape index (κ2) is 4.23. The van der Waals surface area contributed by atoms with Gasteiger partial charge in [-0.2, -0.15) is 0 Å². The normalized spacial score (nSPS) is 10.9. The first-order chi connectivity index (χ1) is 7.15. The number of rotatable bonds is 1. The summed E-state index contributed by atoms with van der Waals surface area (Å²) in [5.41, 5.74) is 0.283. The summed E-state index contributed by atoms with van der Waals surface area (Å²) in [7, 11) is 0. The number of fused-ring (bicyclic) bond motifs is 1. The highest BCUT2D eigenvalue weighted by Crippen LogP contribution is 2.33. The maximum atomic E-state index is 13.7. The van der Waals surface area contributed by atoms with Gasteiger partial charge in [-0.25, -0.2) is 14.4 Å². The Morgan fingerprint density at radius 2 is 2.20 bits per heavy atom. The lowest BCUT2D eigenvalue weighted by molar-refractivity contribution is 0.629. The Balaban J connectivity index is 2.91. The van der Waals surface area contributed by atoms with Gasteiger partial charge < -0.3 is 0 Å². The molecule has 0 atom stereocenters. The van der Waals surface area contributed by atoms with Crippen LogP contribution in [0.3, 0.4) is 0 Å². The average Bonchev–Trinajstić information content (AvgIpc) is 2.25. The van der Waals surface area contributed by atoms with Crippen LogP contribution in [0.15, 0.2) is 21.9 Å². The van der Waals surface area contributed by atoms with Crippen LogP contribution in [-0.4, -0.2) is 16.2 Å². The van der Waals surface area contributed by atoms with E-state index in [9.17, 15) is 4.39 Å². The maximum Gasteiger partial charge on any atom is 0.165 e. The molecule has 0 radical (unpaired) electrons. The van der Waals surface area contributed by atoms with Crippen LogP contribution in [-0.2, 0) is 0 Å². The highest BCUT2D eigenvalue weighted by Gasteiger charge is 2.13. The van der Waals surface area contributed by atoms with Crippen molar-refractivity contribution in [2.24, 2.45) is 0 Å². The van der Waals surface area contributed by atoms with Crippen LogP contribution in [0.2, 0.25) is 5.02 Å². The summed E-state index contributed by atoms with van der Waals surface area (Å²) in [6.45, 7) is 0. The van der Waals surface area contributed by atoms with Crippen molar-refractivity contribution in [1.82, 2.24) is 9.97 Å². The molecule has 0 amide bonds. The minimum absolute atomic E-state index is 0.238. The van der Waals surface area contributed by atoms with Gasteiger partial charge in [-0.05, 0) is 28.3 Å². The van der Waals surface area contributed by atoms with Gasteiger partial charge in [-0.15, -0.1) is 11.8 Å². The second-order valence-electron chi connectivity index (χ2n) is 2.77. The number of benzene rings is 1. The third-order valence-electron chi connectivity index (χ3n) is 1.92. The van der Waals surface area contributed by atoms with Crippen molar-refractivity contribution in [3.8, 4) is 0 Å². The van der Waals surface area contributed by atoms with Gasteiger partial charge in [0, 0.05) is 5.39 Å². The number of hydrogen-bond acceptors (Lipinski definition) is 3. The van der Waals surface area contributed by atoms with Gasteiger partial charge >= 0.3 is 0 Å². The fourth-order valence-electron chi connectivity index (χ4n) is 1.25. The third kappa shape index (κ3) is 1.84. The van der Waals surface area contributed by atoms with Gasteiger partial charge in [-0.1, -0.05) is 11.6 Å². The molecule has 0 fully saturated rings. The van der Waals surface area contributed by atoms with E-state index >= 15 is 0 Å². The molecule has 0 spiro atoms. The van der Waals surface area contributed by atoms with Crippen molar-refractivity contribution in [1.29, 1.82) is 0 Å². The van der Waals surface area contributed by atoms with Crippen LogP contribution in [0.25, 0.3) is 10.9 Å². The Labute approximate surface area is 103 Å². The molecule has 1 aromatic heterocycles. The average molecular weight is 308 g/mol. The molecule has 0 saturated heterocycles. The van der Waals surface area contributed by atoms with Gasteiger partial charge in [0.15, 0.2) is 5.82 Å². The van der Waals surface area contributed by atoms with E-state index in [1.54, 1.807) is 6.07 Å². The minimum Gasteiger partial charge on any atom is -0.233 e. The molecule has 2 rings (SSSR count). The van der Waals surface area contributed by atoms with Crippen LogP contribution in [0, 0.1) is 5.82 Å². The molecule has 2 aromatic rings. The molecule has 0 aliphatic heterocycles. The first-order valence-corrected chi connectivity index (χ1v) is 6.37. The summed E-state index contributed by atoms with van der Waals surface area (Å²) < 4.78 is 14.0. The number of halogens is 3. The summed E-state index contributed by atoms with van der Waals surface area (Å²) in [5, 5.41) is 1.68. The highest BCUT2D eigenvalue weighted by atomic mass is 79.9. The molecular weight excluding hydrogens is 303 g/mol. The smallest absolute Gasteiger partial charge is 0.165 e. The third-order valence-corrected chi connectivity index (χ3v) is 3.94. The van der Waals surface area contributed by atoms with Gasteiger partial charge in [0.05, 0.1) is 9.50 Å². The van der Waals surface area contributed by atoms with E-state index in [1.165, 1.54) is 18.1 Å². The number of thioether (sulfide) groups is 1. The predicted molar refractivity (Wildman–Crippen MR) is 64.0 cm³/mol. The van der Waals surface area contributed by atoms with Crippen LogP contribution < -0.4 is 0 Å². The van der Waals surface area contributed by atoms with Crippen molar-refractivity contribution in [3.05, 3.63) is 27.7 Å². The second-order valence-corrected chi connectivity index (χ2v) is 4.76. The zero-order valence-electron chi connectivity index (χ0n) is 7.59. The zero-order valence-corrected chi connectivity index (χ0v) is 10.7. The lowest BCUT2D eigenvalue weighted by Crippen LogP contribution is -1.91. The van der Waals surface area contributed by atoms with Gasteiger partial charge in [0.1, 0.15) is 16.9 Å². The van der Waals surface area contributed by atoms with E-state index in [0.29, 0.717) is 15.4 Å². The van der Waals surface area contributed by atoms with E-state index in [0.717, 1.165) is 0 Å². The fourth-order valence-corrected chi connectivity index (χ4v) is 2.27. The molecule has 15 heavy (non-hydrogen) atoms.